The summed E-state index contributed by atoms with van der Waals surface area (Å²) in [5.41, 5.74) is 2.36. The maximum atomic E-state index is 15.9. The van der Waals surface area contributed by atoms with Crippen LogP contribution >= 0.6 is 11.3 Å². The molecule has 2 aliphatic rings. The van der Waals surface area contributed by atoms with E-state index in [0.29, 0.717) is 24.5 Å². The highest BCUT2D eigenvalue weighted by Crippen LogP contribution is 2.38. The fourth-order valence-electron chi connectivity index (χ4n) is 5.05. The van der Waals surface area contributed by atoms with Gasteiger partial charge >= 0.3 is 0 Å². The topological polar surface area (TPSA) is 46.4 Å². The number of allylic oxidation sites excluding steroid dienone is 1. The van der Waals surface area contributed by atoms with E-state index in [1.165, 1.54) is 5.56 Å². The van der Waals surface area contributed by atoms with Crippen molar-refractivity contribution in [2.45, 2.75) is 43.9 Å². The Bertz CT molecular complexity index is 1070. The van der Waals surface area contributed by atoms with Gasteiger partial charge < -0.3 is 9.64 Å². The van der Waals surface area contributed by atoms with Crippen LogP contribution in [0, 0.1) is 0 Å². The Labute approximate surface area is 192 Å². The summed E-state index contributed by atoms with van der Waals surface area (Å²) in [5, 5.41) is 4.27. The minimum Gasteiger partial charge on any atom is -0.468 e. The van der Waals surface area contributed by atoms with Gasteiger partial charge in [0, 0.05) is 50.7 Å². The van der Waals surface area contributed by atoms with Gasteiger partial charge in [-0.15, -0.1) is 0 Å². The van der Waals surface area contributed by atoms with Crippen molar-refractivity contribution < 1.29 is 9.13 Å². The van der Waals surface area contributed by atoms with Crippen LogP contribution in [-0.4, -0.2) is 63.3 Å². The molecule has 0 amide bonds. The fourth-order valence-corrected chi connectivity index (χ4v) is 5.71. The number of aromatic nitrogens is 3. The Balaban J connectivity index is 1.21. The Morgan fingerprint density at radius 1 is 1.25 bits per heavy atom. The Morgan fingerprint density at radius 3 is 2.72 bits per heavy atom. The number of rotatable bonds is 6. The van der Waals surface area contributed by atoms with Crippen LogP contribution in [0.5, 0.6) is 6.01 Å². The Hall–Kier alpha value is -2.45. The van der Waals surface area contributed by atoms with Crippen molar-refractivity contribution in [1.82, 2.24) is 24.3 Å². The first-order chi connectivity index (χ1) is 15.6. The molecule has 3 aromatic heterocycles. The smallest absolute Gasteiger partial charge is 0.298 e. The lowest BCUT2D eigenvalue weighted by Crippen LogP contribution is -2.47. The lowest BCUT2D eigenvalue weighted by molar-refractivity contribution is 0.0520. The van der Waals surface area contributed by atoms with Crippen LogP contribution in [0.4, 0.5) is 4.39 Å². The molecule has 0 aromatic carbocycles. The van der Waals surface area contributed by atoms with Crippen molar-refractivity contribution in [3.05, 3.63) is 53.0 Å². The second kappa shape index (κ2) is 8.83. The van der Waals surface area contributed by atoms with Gasteiger partial charge in [0.2, 0.25) is 0 Å². The van der Waals surface area contributed by atoms with Gasteiger partial charge in [-0.2, -0.15) is 16.3 Å². The van der Waals surface area contributed by atoms with Crippen LogP contribution in [-0.2, 0) is 6.54 Å². The Morgan fingerprint density at radius 2 is 2.03 bits per heavy atom. The standard InChI is InChI=1S/C24H30FN5OS/c1-18(24(25)8-13-28(14-9-24)16-19-7-15-32-17-19)29-11-5-20(6-12-29)30-22-21(4-3-10-26-22)27-23(30)31-2/h3-4,7,10,15,17,20H,1,5-6,8-9,11-14,16H2,2H3. The van der Waals surface area contributed by atoms with Crippen molar-refractivity contribution in [2.75, 3.05) is 33.3 Å². The number of methoxy groups -OCH3 is 1. The lowest BCUT2D eigenvalue weighted by Gasteiger charge is -2.43. The number of nitrogens with zero attached hydrogens (tertiary/aromatic N) is 5. The van der Waals surface area contributed by atoms with Gasteiger partial charge in [-0.3, -0.25) is 9.47 Å². The molecule has 2 aliphatic heterocycles. The molecule has 5 heterocycles. The number of thiophene rings is 1. The highest BCUT2D eigenvalue weighted by Gasteiger charge is 2.40. The van der Waals surface area contributed by atoms with Crippen molar-refractivity contribution >= 4 is 22.5 Å². The number of piperidine rings is 2. The molecule has 0 atom stereocenters. The maximum Gasteiger partial charge on any atom is 0.298 e. The van der Waals surface area contributed by atoms with E-state index < -0.39 is 5.67 Å². The van der Waals surface area contributed by atoms with Crippen LogP contribution in [0.3, 0.4) is 0 Å². The summed E-state index contributed by atoms with van der Waals surface area (Å²) >= 11 is 1.71. The summed E-state index contributed by atoms with van der Waals surface area (Å²) in [5.74, 6) is 0. The van der Waals surface area contributed by atoms with Crippen LogP contribution in [0.15, 0.2) is 47.4 Å². The summed E-state index contributed by atoms with van der Waals surface area (Å²) in [6.07, 6.45) is 4.59. The molecule has 0 N–H and O–H groups in total. The molecule has 2 saturated heterocycles. The predicted octanol–water partition coefficient (Wildman–Crippen LogP) is 4.66. The zero-order valence-corrected chi connectivity index (χ0v) is 19.4. The molecule has 5 rings (SSSR count). The fraction of sp³-hybridized carbons (Fsp3) is 0.500. The van der Waals surface area contributed by atoms with Crippen molar-refractivity contribution in [3.63, 3.8) is 0 Å². The van der Waals surface area contributed by atoms with E-state index in [1.54, 1.807) is 24.6 Å². The van der Waals surface area contributed by atoms with Gasteiger partial charge in [-0.25, -0.2) is 9.37 Å². The molecule has 170 valence electrons. The highest BCUT2D eigenvalue weighted by molar-refractivity contribution is 7.07. The van der Waals surface area contributed by atoms with Crippen molar-refractivity contribution in [1.29, 1.82) is 0 Å². The summed E-state index contributed by atoms with van der Waals surface area (Å²) in [7, 11) is 1.65. The van der Waals surface area contributed by atoms with E-state index in [9.17, 15) is 0 Å². The van der Waals surface area contributed by atoms with E-state index in [2.05, 4.69) is 47.7 Å². The second-order valence-electron chi connectivity index (χ2n) is 8.85. The number of ether oxygens (including phenoxy) is 1. The summed E-state index contributed by atoms with van der Waals surface area (Å²) in [6, 6.07) is 6.82. The van der Waals surface area contributed by atoms with E-state index in [1.807, 2.05) is 12.1 Å². The number of fused-ring (bicyclic) bond motifs is 1. The quantitative estimate of drug-likeness (QED) is 0.541. The van der Waals surface area contributed by atoms with Gasteiger partial charge in [0.1, 0.15) is 5.52 Å². The molecule has 0 saturated carbocycles. The first kappa shape index (κ1) is 21.4. The number of hydrogen-bond acceptors (Lipinski definition) is 6. The third kappa shape index (κ3) is 4.01. The van der Waals surface area contributed by atoms with Gasteiger partial charge in [0.05, 0.1) is 7.11 Å². The molecule has 0 spiro atoms. The first-order valence-corrected chi connectivity index (χ1v) is 12.3. The summed E-state index contributed by atoms with van der Waals surface area (Å²) < 4.78 is 23.5. The monoisotopic (exact) mass is 455 g/mol. The van der Waals surface area contributed by atoms with Gasteiger partial charge in [-0.05, 0) is 60.2 Å². The minimum atomic E-state index is -1.31. The maximum absolute atomic E-state index is 15.9. The lowest BCUT2D eigenvalue weighted by atomic mass is 9.88. The Kier molecular flexibility index (Phi) is 5.90. The number of likely N-dealkylation sites (tertiary alicyclic amines) is 2. The van der Waals surface area contributed by atoms with Gasteiger partial charge in [0.15, 0.2) is 11.3 Å². The van der Waals surface area contributed by atoms with Crippen LogP contribution < -0.4 is 4.74 Å². The first-order valence-electron chi connectivity index (χ1n) is 11.3. The van der Waals surface area contributed by atoms with E-state index in [0.717, 1.165) is 56.7 Å². The van der Waals surface area contributed by atoms with Crippen LogP contribution in [0.2, 0.25) is 0 Å². The van der Waals surface area contributed by atoms with E-state index in [-0.39, 0.29) is 6.04 Å². The molecule has 0 bridgehead atoms. The number of alkyl halides is 1. The number of pyridine rings is 1. The molecule has 32 heavy (non-hydrogen) atoms. The van der Waals surface area contributed by atoms with Crippen molar-refractivity contribution in [2.24, 2.45) is 0 Å². The zero-order valence-electron chi connectivity index (χ0n) is 18.5. The second-order valence-corrected chi connectivity index (χ2v) is 9.63. The third-order valence-corrected chi connectivity index (χ3v) is 7.69. The van der Waals surface area contributed by atoms with Gasteiger partial charge in [0.25, 0.3) is 6.01 Å². The average molecular weight is 456 g/mol. The summed E-state index contributed by atoms with van der Waals surface area (Å²) in [6.45, 7) is 8.23. The predicted molar refractivity (Wildman–Crippen MR) is 126 cm³/mol. The SMILES string of the molecule is C=C(N1CCC(n2c(OC)nc3cccnc32)CC1)C1(F)CCN(Cc2ccsc2)CC1. The summed E-state index contributed by atoms with van der Waals surface area (Å²) in [4.78, 5) is 13.6. The molecular formula is C24H30FN5OS. The minimum absolute atomic E-state index is 0.233. The van der Waals surface area contributed by atoms with Crippen LogP contribution in [0.25, 0.3) is 11.2 Å². The zero-order chi connectivity index (χ0) is 22.1. The molecule has 0 radical (unpaired) electrons. The number of imidazole rings is 1. The van der Waals surface area contributed by atoms with Crippen LogP contribution in [0.1, 0.15) is 37.3 Å². The largest absolute Gasteiger partial charge is 0.468 e. The third-order valence-electron chi connectivity index (χ3n) is 6.96. The highest BCUT2D eigenvalue weighted by atomic mass is 32.1. The molecule has 2 fully saturated rings. The number of halogens is 1. The molecule has 6 nitrogen and oxygen atoms in total. The average Bonchev–Trinajstić information content (AvgIpc) is 3.47. The molecule has 8 heteroatoms. The van der Waals surface area contributed by atoms with E-state index in [4.69, 9.17) is 4.74 Å². The molecule has 0 aliphatic carbocycles. The molecular weight excluding hydrogens is 425 g/mol. The van der Waals surface area contributed by atoms with Gasteiger partial charge in [-0.1, -0.05) is 6.58 Å². The van der Waals surface area contributed by atoms with E-state index >= 15 is 4.39 Å². The number of hydrogen-bond donors (Lipinski definition) is 0. The molecule has 0 unspecified atom stereocenters. The normalized spacial score (nSPS) is 20.0. The molecule has 3 aromatic rings. The van der Waals surface area contributed by atoms with Crippen molar-refractivity contribution in [3.8, 4) is 6.01 Å².